The molecule has 0 spiro atoms. The number of aliphatic hydroxyl groups is 1. The fraction of sp³-hybridized carbons (Fsp3) is 0.500. The summed E-state index contributed by atoms with van der Waals surface area (Å²) >= 11 is 5.93. The van der Waals surface area contributed by atoms with Crippen LogP contribution in [0.1, 0.15) is 20.8 Å². The summed E-state index contributed by atoms with van der Waals surface area (Å²) < 4.78 is 0. The molecule has 0 aliphatic carbocycles. The lowest BCUT2D eigenvalue weighted by molar-refractivity contribution is 0.133. The van der Waals surface area contributed by atoms with Crippen LogP contribution in [0.2, 0.25) is 5.02 Å². The Hall–Kier alpha value is -0.800. The van der Waals surface area contributed by atoms with Crippen molar-refractivity contribution < 1.29 is 5.11 Å². The van der Waals surface area contributed by atoms with Crippen molar-refractivity contribution in [1.82, 2.24) is 4.98 Å². The summed E-state index contributed by atoms with van der Waals surface area (Å²) in [5.41, 5.74) is 0.373. The third-order valence-corrected chi connectivity index (χ3v) is 2.57. The zero-order chi connectivity index (χ0) is 10.8. The summed E-state index contributed by atoms with van der Waals surface area (Å²) in [6.45, 7) is 5.56. The number of hydrogen-bond donors (Lipinski definition) is 2. The molecule has 2 N–H and O–H groups in total. The molecule has 1 rings (SSSR count). The van der Waals surface area contributed by atoms with Crippen LogP contribution in [0, 0.1) is 0 Å². The second-order valence-corrected chi connectivity index (χ2v) is 4.29. The molecule has 0 aromatic carbocycles. The van der Waals surface area contributed by atoms with E-state index in [1.165, 1.54) is 0 Å². The number of aliphatic hydroxyl groups excluding tert-OH is 1. The summed E-state index contributed by atoms with van der Waals surface area (Å²) in [6, 6.07) is 1.78. The molecule has 0 aliphatic heterocycles. The topological polar surface area (TPSA) is 45.1 Å². The molecule has 1 heterocycles. The van der Waals surface area contributed by atoms with Crippen LogP contribution in [0.4, 0.5) is 5.69 Å². The van der Waals surface area contributed by atoms with E-state index in [2.05, 4.69) is 10.3 Å². The summed E-state index contributed by atoms with van der Waals surface area (Å²) in [5.74, 6) is 0. The molecule has 1 unspecified atom stereocenters. The Morgan fingerprint density at radius 1 is 1.57 bits per heavy atom. The number of rotatable bonds is 3. The molecule has 0 fully saturated rings. The van der Waals surface area contributed by atoms with Gasteiger partial charge in [0.15, 0.2) is 0 Å². The van der Waals surface area contributed by atoms with Gasteiger partial charge in [-0.05, 0) is 26.8 Å². The van der Waals surface area contributed by atoms with Gasteiger partial charge in [-0.2, -0.15) is 0 Å². The van der Waals surface area contributed by atoms with E-state index in [4.69, 9.17) is 11.6 Å². The first-order valence-electron chi connectivity index (χ1n) is 4.49. The van der Waals surface area contributed by atoms with Crippen LogP contribution in [-0.2, 0) is 0 Å². The largest absolute Gasteiger partial charge is 0.391 e. The molecule has 0 aliphatic rings. The lowest BCUT2D eigenvalue weighted by atomic mass is 9.98. The fourth-order valence-electron chi connectivity index (χ4n) is 0.928. The average Bonchev–Trinajstić information content (AvgIpc) is 2.08. The molecule has 0 saturated heterocycles. The van der Waals surface area contributed by atoms with Gasteiger partial charge in [0.25, 0.3) is 0 Å². The molecule has 0 amide bonds. The Labute approximate surface area is 89.1 Å². The monoisotopic (exact) mass is 214 g/mol. The first-order valence-corrected chi connectivity index (χ1v) is 4.87. The molecule has 3 nitrogen and oxygen atoms in total. The highest BCUT2D eigenvalue weighted by molar-refractivity contribution is 6.33. The van der Waals surface area contributed by atoms with E-state index >= 15 is 0 Å². The maximum atomic E-state index is 9.51. The highest BCUT2D eigenvalue weighted by Gasteiger charge is 2.24. The number of anilines is 1. The Morgan fingerprint density at radius 3 is 2.71 bits per heavy atom. The maximum absolute atomic E-state index is 9.51. The molecule has 1 aromatic rings. The van der Waals surface area contributed by atoms with Gasteiger partial charge in [0, 0.05) is 12.4 Å². The van der Waals surface area contributed by atoms with Crippen molar-refractivity contribution in [3.8, 4) is 0 Å². The van der Waals surface area contributed by atoms with E-state index in [1.807, 2.05) is 13.8 Å². The molecule has 0 saturated carbocycles. The number of halogens is 1. The summed E-state index contributed by atoms with van der Waals surface area (Å²) in [5, 5.41) is 13.2. The first-order chi connectivity index (χ1) is 6.43. The van der Waals surface area contributed by atoms with Gasteiger partial charge in [-0.15, -0.1) is 0 Å². The van der Waals surface area contributed by atoms with E-state index in [0.717, 1.165) is 5.69 Å². The molecule has 0 radical (unpaired) electrons. The predicted molar refractivity (Wildman–Crippen MR) is 58.6 cm³/mol. The van der Waals surface area contributed by atoms with Crippen LogP contribution in [0.25, 0.3) is 0 Å². The van der Waals surface area contributed by atoms with Gasteiger partial charge in [0.2, 0.25) is 0 Å². The predicted octanol–water partition coefficient (Wildman–Crippen LogP) is 2.31. The van der Waals surface area contributed by atoms with E-state index < -0.39 is 11.6 Å². The van der Waals surface area contributed by atoms with E-state index in [1.54, 1.807) is 25.4 Å². The normalized spacial score (nSPS) is 13.8. The minimum atomic E-state index is -0.466. The Kier molecular flexibility index (Phi) is 3.34. The van der Waals surface area contributed by atoms with Gasteiger partial charge in [-0.1, -0.05) is 11.6 Å². The van der Waals surface area contributed by atoms with Gasteiger partial charge in [-0.25, -0.2) is 0 Å². The van der Waals surface area contributed by atoms with E-state index in [0.29, 0.717) is 5.02 Å². The number of pyridine rings is 1. The summed E-state index contributed by atoms with van der Waals surface area (Å²) in [4.78, 5) is 3.89. The van der Waals surface area contributed by atoms with Crippen LogP contribution in [-0.4, -0.2) is 21.7 Å². The quantitative estimate of drug-likeness (QED) is 0.812. The summed E-state index contributed by atoms with van der Waals surface area (Å²) in [6.07, 6.45) is 2.76. The molecule has 0 bridgehead atoms. The van der Waals surface area contributed by atoms with Crippen molar-refractivity contribution in [3.63, 3.8) is 0 Å². The number of aromatic nitrogens is 1. The van der Waals surface area contributed by atoms with Gasteiger partial charge < -0.3 is 10.4 Å². The Bertz CT molecular complexity index is 313. The zero-order valence-corrected chi connectivity index (χ0v) is 9.34. The summed E-state index contributed by atoms with van der Waals surface area (Å²) in [7, 11) is 0. The van der Waals surface area contributed by atoms with E-state index in [-0.39, 0.29) is 0 Å². The molecule has 4 heteroatoms. The zero-order valence-electron chi connectivity index (χ0n) is 8.58. The fourth-order valence-corrected chi connectivity index (χ4v) is 1.09. The Morgan fingerprint density at radius 2 is 2.21 bits per heavy atom. The molecule has 14 heavy (non-hydrogen) atoms. The SMILES string of the molecule is CC(O)C(C)(C)Nc1ccncc1Cl. The Balaban J connectivity index is 2.84. The van der Waals surface area contributed by atoms with Crippen molar-refractivity contribution in [1.29, 1.82) is 0 Å². The van der Waals surface area contributed by atoms with Crippen LogP contribution in [0.15, 0.2) is 18.5 Å². The minimum absolute atomic E-state index is 0.412. The van der Waals surface area contributed by atoms with Crippen LogP contribution in [0.3, 0.4) is 0 Å². The minimum Gasteiger partial charge on any atom is -0.391 e. The van der Waals surface area contributed by atoms with Crippen molar-refractivity contribution in [3.05, 3.63) is 23.5 Å². The van der Waals surface area contributed by atoms with Gasteiger partial charge in [0.1, 0.15) is 0 Å². The second-order valence-electron chi connectivity index (χ2n) is 3.88. The first kappa shape index (κ1) is 11.3. The highest BCUT2D eigenvalue weighted by Crippen LogP contribution is 2.24. The number of nitrogens with one attached hydrogen (secondary N) is 1. The molecule has 78 valence electrons. The molecule has 1 aromatic heterocycles. The third kappa shape index (κ3) is 2.59. The smallest absolute Gasteiger partial charge is 0.0820 e. The third-order valence-electron chi connectivity index (χ3n) is 2.27. The van der Waals surface area contributed by atoms with Crippen molar-refractivity contribution in [2.24, 2.45) is 0 Å². The van der Waals surface area contributed by atoms with Gasteiger partial charge >= 0.3 is 0 Å². The average molecular weight is 215 g/mol. The number of nitrogens with zero attached hydrogens (tertiary/aromatic N) is 1. The van der Waals surface area contributed by atoms with Crippen LogP contribution < -0.4 is 5.32 Å². The molecule has 1 atom stereocenters. The standard InChI is InChI=1S/C10H15ClN2O/c1-7(14)10(2,3)13-9-4-5-12-6-8(9)11/h4-7,14H,1-3H3,(H,12,13). The van der Waals surface area contributed by atoms with Crippen molar-refractivity contribution in [2.75, 3.05) is 5.32 Å². The molecular weight excluding hydrogens is 200 g/mol. The van der Waals surface area contributed by atoms with Crippen molar-refractivity contribution >= 4 is 17.3 Å². The lowest BCUT2D eigenvalue weighted by Gasteiger charge is -2.30. The highest BCUT2D eigenvalue weighted by atomic mass is 35.5. The van der Waals surface area contributed by atoms with E-state index in [9.17, 15) is 5.11 Å². The van der Waals surface area contributed by atoms with Crippen LogP contribution in [0.5, 0.6) is 0 Å². The molecular formula is C10H15ClN2O. The van der Waals surface area contributed by atoms with Crippen molar-refractivity contribution in [2.45, 2.75) is 32.4 Å². The van der Waals surface area contributed by atoms with Gasteiger partial charge in [0.05, 0.1) is 22.4 Å². The lowest BCUT2D eigenvalue weighted by Crippen LogP contribution is -2.41. The van der Waals surface area contributed by atoms with Crippen LogP contribution >= 0.6 is 11.6 Å². The maximum Gasteiger partial charge on any atom is 0.0820 e. The van der Waals surface area contributed by atoms with Gasteiger partial charge in [-0.3, -0.25) is 4.98 Å². The second kappa shape index (κ2) is 4.15. The number of hydrogen-bond acceptors (Lipinski definition) is 3.